The summed E-state index contributed by atoms with van der Waals surface area (Å²) in [6, 6.07) is 3.47. The van der Waals surface area contributed by atoms with Gasteiger partial charge in [-0.2, -0.15) is 0 Å². The van der Waals surface area contributed by atoms with Gasteiger partial charge in [0.2, 0.25) is 0 Å². The molecule has 1 aromatic rings. The van der Waals surface area contributed by atoms with Gasteiger partial charge in [-0.3, -0.25) is 9.69 Å². The summed E-state index contributed by atoms with van der Waals surface area (Å²) in [5.74, 6) is -1.27. The van der Waals surface area contributed by atoms with E-state index in [-0.39, 0.29) is 41.6 Å². The van der Waals surface area contributed by atoms with E-state index in [1.54, 1.807) is 0 Å². The molecule has 0 saturated heterocycles. The molecule has 0 saturated carbocycles. The van der Waals surface area contributed by atoms with Gasteiger partial charge >= 0.3 is 18.9 Å². The van der Waals surface area contributed by atoms with Gasteiger partial charge < -0.3 is 4.55 Å². The Kier molecular flexibility index (Phi) is 7.12. The Morgan fingerprint density at radius 1 is 1.00 bits per heavy atom. The van der Waals surface area contributed by atoms with Gasteiger partial charge in [0.25, 0.3) is 0 Å². The molecule has 0 spiro atoms. The third-order valence-electron chi connectivity index (χ3n) is 2.35. The van der Waals surface area contributed by atoms with E-state index in [0.29, 0.717) is 0 Å². The molecule has 10 heteroatoms. The van der Waals surface area contributed by atoms with E-state index in [9.17, 15) is 21.4 Å². The van der Waals surface area contributed by atoms with Crippen LogP contribution >= 0.6 is 0 Å². The zero-order chi connectivity index (χ0) is 15.4. The van der Waals surface area contributed by atoms with Crippen LogP contribution in [-0.4, -0.2) is 32.9 Å². The first-order chi connectivity index (χ1) is 9.19. The fraction of sp³-hybridized carbons (Fsp3) is 0.273. The van der Waals surface area contributed by atoms with Crippen LogP contribution in [0.3, 0.4) is 0 Å². The molecule has 0 fully saturated rings. The van der Waals surface area contributed by atoms with E-state index in [4.69, 9.17) is 13.1 Å². The SMILES string of the molecule is [C-]#[N+]c1ccc(S(=O)(=O)CCCS(=O)(=O)[O-])cc1[N+]#[C-].[Li+]. The topological polar surface area (TPSA) is 100 Å². The summed E-state index contributed by atoms with van der Waals surface area (Å²) in [5, 5.41) is 0. The van der Waals surface area contributed by atoms with E-state index in [1.165, 1.54) is 12.1 Å². The van der Waals surface area contributed by atoms with Crippen LogP contribution in [-0.2, 0) is 20.0 Å². The number of rotatable bonds is 5. The average Bonchev–Trinajstić information content (AvgIpc) is 2.36. The van der Waals surface area contributed by atoms with Crippen LogP contribution in [0.25, 0.3) is 9.69 Å². The van der Waals surface area contributed by atoms with E-state index < -0.39 is 31.5 Å². The molecular weight excluding hydrogens is 311 g/mol. The van der Waals surface area contributed by atoms with Crippen molar-refractivity contribution in [2.75, 3.05) is 11.5 Å². The summed E-state index contributed by atoms with van der Waals surface area (Å²) in [4.78, 5) is 5.97. The minimum atomic E-state index is -4.45. The Bertz CT molecular complexity index is 804. The molecule has 0 N–H and O–H groups in total. The summed E-state index contributed by atoms with van der Waals surface area (Å²) in [6.07, 6.45) is -0.313. The summed E-state index contributed by atoms with van der Waals surface area (Å²) in [6.45, 7) is 13.7. The summed E-state index contributed by atoms with van der Waals surface area (Å²) < 4.78 is 55.1. The fourth-order valence-electron chi connectivity index (χ4n) is 1.42. The van der Waals surface area contributed by atoms with Crippen molar-refractivity contribution in [2.24, 2.45) is 0 Å². The molecule has 0 radical (unpaired) electrons. The minimum Gasteiger partial charge on any atom is -0.748 e. The molecule has 7 nitrogen and oxygen atoms in total. The molecule has 0 aliphatic rings. The van der Waals surface area contributed by atoms with Crippen LogP contribution in [0.4, 0.5) is 11.4 Å². The maximum absolute atomic E-state index is 11.9. The standard InChI is InChI=1S/C11H10N2O5S2.Li/c1-12-10-5-4-9(8-11(10)13-2)19(14,15)6-3-7-20(16,17)18;/h4-5,8H,3,6-7H2,(H,16,17,18);/q;+1/p-1. The van der Waals surface area contributed by atoms with Crippen molar-refractivity contribution in [1.29, 1.82) is 0 Å². The minimum absolute atomic E-state index is 0. The van der Waals surface area contributed by atoms with Gasteiger partial charge in [-0.1, -0.05) is 12.1 Å². The van der Waals surface area contributed by atoms with Crippen molar-refractivity contribution < 1.29 is 40.2 Å². The maximum Gasteiger partial charge on any atom is 1.00 e. The molecule has 1 aromatic carbocycles. The number of nitrogens with zero attached hydrogens (tertiary/aromatic N) is 2. The molecule has 0 aliphatic heterocycles. The number of benzene rings is 1. The molecule has 0 heterocycles. The van der Waals surface area contributed by atoms with Gasteiger partial charge in [0, 0.05) is 5.75 Å². The van der Waals surface area contributed by atoms with E-state index in [1.807, 2.05) is 0 Å². The molecule has 0 aliphatic carbocycles. The van der Waals surface area contributed by atoms with Gasteiger partial charge in [-0.15, -0.1) is 0 Å². The van der Waals surface area contributed by atoms with E-state index >= 15 is 0 Å². The van der Waals surface area contributed by atoms with Crippen molar-refractivity contribution in [1.82, 2.24) is 0 Å². The molecule has 1 rings (SSSR count). The second-order valence-electron chi connectivity index (χ2n) is 3.81. The Morgan fingerprint density at radius 3 is 2.05 bits per heavy atom. The number of hydrogen-bond acceptors (Lipinski definition) is 5. The van der Waals surface area contributed by atoms with Crippen LogP contribution in [0.15, 0.2) is 23.1 Å². The van der Waals surface area contributed by atoms with Crippen molar-refractivity contribution in [3.05, 3.63) is 41.0 Å². The molecule has 0 aromatic heterocycles. The molecule has 21 heavy (non-hydrogen) atoms. The van der Waals surface area contributed by atoms with Crippen molar-refractivity contribution in [3.63, 3.8) is 0 Å². The van der Waals surface area contributed by atoms with Gasteiger partial charge in [0.1, 0.15) is 0 Å². The number of sulfone groups is 1. The first-order valence-corrected chi connectivity index (χ1v) is 8.48. The fourth-order valence-corrected chi connectivity index (χ4v) is 3.43. The van der Waals surface area contributed by atoms with Crippen LogP contribution in [0.2, 0.25) is 0 Å². The van der Waals surface area contributed by atoms with Crippen LogP contribution in [0.1, 0.15) is 6.42 Å². The van der Waals surface area contributed by atoms with Gasteiger partial charge in [-0.05, 0) is 12.5 Å². The smallest absolute Gasteiger partial charge is 0.748 e. The number of hydrogen-bond donors (Lipinski definition) is 0. The Balaban J connectivity index is 0.00000400. The zero-order valence-electron chi connectivity index (χ0n) is 11.1. The normalized spacial score (nSPS) is 11.0. The predicted octanol–water partition coefficient (Wildman–Crippen LogP) is -1.50. The van der Waals surface area contributed by atoms with Crippen molar-refractivity contribution in [3.8, 4) is 0 Å². The quantitative estimate of drug-likeness (QED) is 0.373. The Hall–Kier alpha value is -1.34. The van der Waals surface area contributed by atoms with Crippen molar-refractivity contribution in [2.45, 2.75) is 11.3 Å². The third kappa shape index (κ3) is 5.89. The summed E-state index contributed by atoms with van der Waals surface area (Å²) in [7, 11) is -8.24. The van der Waals surface area contributed by atoms with E-state index in [2.05, 4.69) is 9.69 Å². The zero-order valence-corrected chi connectivity index (χ0v) is 12.7. The molecule has 0 amide bonds. The Labute approximate surface area is 135 Å². The van der Waals surface area contributed by atoms with Gasteiger partial charge in [0.15, 0.2) is 21.2 Å². The van der Waals surface area contributed by atoms with Crippen LogP contribution in [0, 0.1) is 13.1 Å². The monoisotopic (exact) mass is 320 g/mol. The molecular formula is C11H9LiN2O5S2. The van der Waals surface area contributed by atoms with Crippen LogP contribution in [0.5, 0.6) is 0 Å². The second kappa shape index (κ2) is 7.60. The first-order valence-electron chi connectivity index (χ1n) is 5.25. The molecule has 0 unspecified atom stereocenters. The Morgan fingerprint density at radius 2 is 1.57 bits per heavy atom. The predicted molar refractivity (Wildman–Crippen MR) is 70.2 cm³/mol. The second-order valence-corrected chi connectivity index (χ2v) is 7.44. The molecule has 0 bridgehead atoms. The summed E-state index contributed by atoms with van der Waals surface area (Å²) >= 11 is 0. The van der Waals surface area contributed by atoms with Gasteiger partial charge in [0.05, 0.1) is 33.9 Å². The van der Waals surface area contributed by atoms with Crippen LogP contribution < -0.4 is 18.9 Å². The van der Waals surface area contributed by atoms with E-state index in [0.717, 1.165) is 6.07 Å². The largest absolute Gasteiger partial charge is 1.00 e. The van der Waals surface area contributed by atoms with Gasteiger partial charge in [-0.25, -0.2) is 16.8 Å². The average molecular weight is 320 g/mol. The molecule has 106 valence electrons. The third-order valence-corrected chi connectivity index (χ3v) is 4.94. The molecule has 0 atom stereocenters. The first kappa shape index (κ1) is 19.7. The van der Waals surface area contributed by atoms with Crippen molar-refractivity contribution >= 4 is 31.3 Å². The summed E-state index contributed by atoms with van der Waals surface area (Å²) in [5.41, 5.74) is -0.0430. The maximum atomic E-state index is 11.9.